The maximum absolute atomic E-state index is 11.2. The van der Waals surface area contributed by atoms with E-state index < -0.39 is 0 Å². The summed E-state index contributed by atoms with van der Waals surface area (Å²) in [6.07, 6.45) is 0. The van der Waals surface area contributed by atoms with Crippen LogP contribution in [-0.2, 0) is 4.79 Å². The van der Waals surface area contributed by atoms with Crippen molar-refractivity contribution in [3.8, 4) is 0 Å². The molecule has 1 amide bonds. The summed E-state index contributed by atoms with van der Waals surface area (Å²) in [5.41, 5.74) is 0. The second kappa shape index (κ2) is 6.89. The molecule has 0 spiro atoms. The molecule has 0 aliphatic heterocycles. The van der Waals surface area contributed by atoms with Gasteiger partial charge in [-0.3, -0.25) is 4.79 Å². The summed E-state index contributed by atoms with van der Waals surface area (Å²) in [5.74, 6) is 1.21. The van der Waals surface area contributed by atoms with Crippen molar-refractivity contribution in [2.24, 2.45) is 11.8 Å². The molecule has 78 valence electrons. The maximum Gasteiger partial charge on any atom is 0.233 e. The van der Waals surface area contributed by atoms with Crippen molar-refractivity contribution < 1.29 is 4.79 Å². The molecule has 13 heavy (non-hydrogen) atoms. The van der Waals surface area contributed by atoms with Gasteiger partial charge in [-0.2, -0.15) is 0 Å². The molecule has 0 aromatic rings. The molecule has 0 aliphatic carbocycles. The molecule has 0 saturated heterocycles. The normalized spacial score (nSPS) is 10.9. The van der Waals surface area contributed by atoms with Gasteiger partial charge in [-0.15, -0.1) is 0 Å². The Balaban J connectivity index is 3.30. The Labute approximate surface area is 81.3 Å². The Morgan fingerprint density at radius 3 is 2.08 bits per heavy atom. The average Bonchev–Trinajstić information content (AvgIpc) is 2.00. The van der Waals surface area contributed by atoms with Crippen molar-refractivity contribution in [2.45, 2.75) is 27.7 Å². The molecular formula is C10H22N2O. The van der Waals surface area contributed by atoms with Crippen molar-refractivity contribution in [1.29, 1.82) is 0 Å². The zero-order valence-electron chi connectivity index (χ0n) is 9.18. The summed E-state index contributed by atoms with van der Waals surface area (Å²) in [6.45, 7) is 10.5. The second-order valence-electron chi connectivity index (χ2n) is 4.22. The number of hydrogen-bond donors (Lipinski definition) is 2. The minimum atomic E-state index is 0.0920. The summed E-state index contributed by atoms with van der Waals surface area (Å²) in [6, 6.07) is 0. The van der Waals surface area contributed by atoms with E-state index >= 15 is 0 Å². The number of rotatable bonds is 6. The van der Waals surface area contributed by atoms with Crippen molar-refractivity contribution in [3.63, 3.8) is 0 Å². The minimum absolute atomic E-state index is 0.0920. The summed E-state index contributed by atoms with van der Waals surface area (Å²) in [5, 5.41) is 5.95. The van der Waals surface area contributed by atoms with Crippen LogP contribution < -0.4 is 10.6 Å². The van der Waals surface area contributed by atoms with E-state index in [9.17, 15) is 4.79 Å². The predicted octanol–water partition coefficient (Wildman–Crippen LogP) is 1.00. The van der Waals surface area contributed by atoms with Crippen LogP contribution in [0.1, 0.15) is 27.7 Å². The van der Waals surface area contributed by atoms with Crippen LogP contribution in [0.2, 0.25) is 0 Å². The van der Waals surface area contributed by atoms with Crippen molar-refractivity contribution >= 4 is 5.91 Å². The molecule has 0 aliphatic rings. The molecular weight excluding hydrogens is 164 g/mol. The summed E-state index contributed by atoms with van der Waals surface area (Å²) in [4.78, 5) is 11.2. The fourth-order valence-corrected chi connectivity index (χ4v) is 0.855. The van der Waals surface area contributed by atoms with E-state index in [1.165, 1.54) is 0 Å². The fourth-order valence-electron chi connectivity index (χ4n) is 0.855. The Bertz CT molecular complexity index is 144. The van der Waals surface area contributed by atoms with Crippen LogP contribution in [0.5, 0.6) is 0 Å². The number of carbonyl (C=O) groups is 1. The summed E-state index contributed by atoms with van der Waals surface area (Å²) >= 11 is 0. The largest absolute Gasteiger partial charge is 0.355 e. The molecule has 0 heterocycles. The lowest BCUT2D eigenvalue weighted by atomic mass is 10.2. The van der Waals surface area contributed by atoms with E-state index in [1.807, 2.05) is 0 Å². The first kappa shape index (κ1) is 12.4. The summed E-state index contributed by atoms with van der Waals surface area (Å²) in [7, 11) is 0. The van der Waals surface area contributed by atoms with Gasteiger partial charge in [0.2, 0.25) is 5.91 Å². The lowest BCUT2D eigenvalue weighted by Gasteiger charge is -2.09. The molecule has 0 aromatic heterocycles. The number of amides is 1. The lowest BCUT2D eigenvalue weighted by Crippen LogP contribution is -2.36. The Hall–Kier alpha value is -0.570. The standard InChI is InChI=1S/C10H22N2O/c1-8(2)5-11-7-10(13)12-6-9(3)4/h8-9,11H,5-7H2,1-4H3,(H,12,13). The van der Waals surface area contributed by atoms with E-state index in [4.69, 9.17) is 0 Å². The zero-order valence-corrected chi connectivity index (χ0v) is 9.18. The van der Waals surface area contributed by atoms with Gasteiger partial charge >= 0.3 is 0 Å². The lowest BCUT2D eigenvalue weighted by molar-refractivity contribution is -0.120. The van der Waals surface area contributed by atoms with Gasteiger partial charge < -0.3 is 10.6 Å². The third-order valence-corrected chi connectivity index (χ3v) is 1.55. The molecule has 3 nitrogen and oxygen atoms in total. The zero-order chi connectivity index (χ0) is 10.3. The highest BCUT2D eigenvalue weighted by Gasteiger charge is 2.01. The van der Waals surface area contributed by atoms with Gasteiger partial charge in [0.1, 0.15) is 0 Å². The first-order valence-corrected chi connectivity index (χ1v) is 4.99. The minimum Gasteiger partial charge on any atom is -0.355 e. The van der Waals surface area contributed by atoms with Gasteiger partial charge in [-0.05, 0) is 18.4 Å². The van der Waals surface area contributed by atoms with Crippen LogP contribution >= 0.6 is 0 Å². The molecule has 0 rings (SSSR count). The molecule has 0 fully saturated rings. The first-order valence-electron chi connectivity index (χ1n) is 4.99. The Kier molecular flexibility index (Phi) is 6.59. The van der Waals surface area contributed by atoms with Crippen LogP contribution in [-0.4, -0.2) is 25.5 Å². The molecule has 0 atom stereocenters. The monoisotopic (exact) mass is 186 g/mol. The van der Waals surface area contributed by atoms with Crippen molar-refractivity contribution in [1.82, 2.24) is 10.6 Å². The van der Waals surface area contributed by atoms with Crippen molar-refractivity contribution in [2.75, 3.05) is 19.6 Å². The molecule has 0 unspecified atom stereocenters. The maximum atomic E-state index is 11.2. The van der Waals surface area contributed by atoms with Crippen LogP contribution in [0.15, 0.2) is 0 Å². The molecule has 3 heteroatoms. The predicted molar refractivity (Wildman–Crippen MR) is 55.6 cm³/mol. The Morgan fingerprint density at radius 2 is 1.62 bits per heavy atom. The van der Waals surface area contributed by atoms with E-state index in [0.717, 1.165) is 13.1 Å². The quantitative estimate of drug-likeness (QED) is 0.650. The highest BCUT2D eigenvalue weighted by molar-refractivity contribution is 5.77. The molecule has 2 N–H and O–H groups in total. The second-order valence-corrected chi connectivity index (χ2v) is 4.22. The third kappa shape index (κ3) is 9.34. The van der Waals surface area contributed by atoms with Crippen LogP contribution in [0.3, 0.4) is 0 Å². The van der Waals surface area contributed by atoms with Gasteiger partial charge in [-0.1, -0.05) is 27.7 Å². The number of hydrogen-bond acceptors (Lipinski definition) is 2. The van der Waals surface area contributed by atoms with Crippen LogP contribution in [0.25, 0.3) is 0 Å². The van der Waals surface area contributed by atoms with Crippen molar-refractivity contribution in [3.05, 3.63) is 0 Å². The SMILES string of the molecule is CC(C)CNCC(=O)NCC(C)C. The van der Waals surface area contributed by atoms with E-state index in [-0.39, 0.29) is 5.91 Å². The van der Waals surface area contributed by atoms with Gasteiger partial charge in [0, 0.05) is 6.54 Å². The molecule has 0 aromatic carbocycles. The molecule has 0 bridgehead atoms. The first-order chi connectivity index (χ1) is 6.02. The smallest absolute Gasteiger partial charge is 0.233 e. The topological polar surface area (TPSA) is 41.1 Å². The number of carbonyl (C=O) groups excluding carboxylic acids is 1. The molecule has 0 radical (unpaired) electrons. The third-order valence-electron chi connectivity index (χ3n) is 1.55. The fraction of sp³-hybridized carbons (Fsp3) is 0.900. The van der Waals surface area contributed by atoms with E-state index in [2.05, 4.69) is 38.3 Å². The van der Waals surface area contributed by atoms with Gasteiger partial charge in [-0.25, -0.2) is 0 Å². The van der Waals surface area contributed by atoms with Gasteiger partial charge in [0.15, 0.2) is 0 Å². The number of nitrogens with one attached hydrogen (secondary N) is 2. The highest BCUT2D eigenvalue weighted by atomic mass is 16.1. The van der Waals surface area contributed by atoms with Gasteiger partial charge in [0.25, 0.3) is 0 Å². The van der Waals surface area contributed by atoms with E-state index in [1.54, 1.807) is 0 Å². The average molecular weight is 186 g/mol. The van der Waals surface area contributed by atoms with Crippen LogP contribution in [0.4, 0.5) is 0 Å². The van der Waals surface area contributed by atoms with Crippen LogP contribution in [0, 0.1) is 11.8 Å². The molecule has 0 saturated carbocycles. The summed E-state index contributed by atoms with van der Waals surface area (Å²) < 4.78 is 0. The van der Waals surface area contributed by atoms with Gasteiger partial charge in [0.05, 0.1) is 6.54 Å². The Morgan fingerprint density at radius 1 is 1.08 bits per heavy atom. The van der Waals surface area contributed by atoms with E-state index in [0.29, 0.717) is 18.4 Å². The highest BCUT2D eigenvalue weighted by Crippen LogP contribution is 1.87.